The number of alkyl carbamates (subject to hydrolysis) is 1. The molecule has 0 aromatic rings. The highest BCUT2D eigenvalue weighted by molar-refractivity contribution is 5.67. The van der Waals surface area contributed by atoms with Gasteiger partial charge in [-0.3, -0.25) is 0 Å². The third-order valence-corrected chi connectivity index (χ3v) is 1.96. The summed E-state index contributed by atoms with van der Waals surface area (Å²) in [6, 6.07) is 0. The number of ether oxygens (including phenoxy) is 3. The second-order valence-electron chi connectivity index (χ2n) is 5.01. The van der Waals surface area contributed by atoms with Crippen LogP contribution in [0.4, 0.5) is 4.79 Å². The Morgan fingerprint density at radius 3 is 2.11 bits per heavy atom. The number of nitrogens with one attached hydrogen (secondary N) is 2. The minimum Gasteiger partial charge on any atom is -0.444 e. The first-order chi connectivity index (χ1) is 8.95. The fraction of sp³-hybridized carbons (Fsp3) is 0.923. The summed E-state index contributed by atoms with van der Waals surface area (Å²) in [6.07, 6.45) is -0.419. The van der Waals surface area contributed by atoms with Crippen molar-refractivity contribution in [2.75, 3.05) is 46.1 Å². The predicted molar refractivity (Wildman–Crippen MR) is 74.4 cm³/mol. The molecule has 0 spiro atoms. The molecule has 0 rings (SSSR count). The van der Waals surface area contributed by atoms with Gasteiger partial charge in [-0.2, -0.15) is 0 Å². The maximum atomic E-state index is 11.3. The van der Waals surface area contributed by atoms with Crippen molar-refractivity contribution in [3.05, 3.63) is 0 Å². The van der Waals surface area contributed by atoms with Crippen LogP contribution in [0.1, 0.15) is 27.7 Å². The van der Waals surface area contributed by atoms with Crippen LogP contribution in [0.15, 0.2) is 0 Å². The van der Waals surface area contributed by atoms with E-state index in [-0.39, 0.29) is 0 Å². The van der Waals surface area contributed by atoms with E-state index in [1.165, 1.54) is 0 Å². The van der Waals surface area contributed by atoms with Crippen LogP contribution in [0.2, 0.25) is 0 Å². The molecule has 0 fully saturated rings. The molecular formula is C13H28N2O4. The Morgan fingerprint density at radius 2 is 1.58 bits per heavy atom. The summed E-state index contributed by atoms with van der Waals surface area (Å²) in [6.45, 7) is 12.0. The molecule has 0 unspecified atom stereocenters. The van der Waals surface area contributed by atoms with Gasteiger partial charge in [-0.25, -0.2) is 4.79 Å². The van der Waals surface area contributed by atoms with Gasteiger partial charge in [0.15, 0.2) is 0 Å². The number of likely N-dealkylation sites (N-methyl/N-ethyl adjacent to an activating group) is 1. The Kier molecular flexibility index (Phi) is 10.5. The van der Waals surface area contributed by atoms with Crippen molar-refractivity contribution >= 4 is 6.09 Å². The summed E-state index contributed by atoms with van der Waals surface area (Å²) in [4.78, 5) is 11.3. The fourth-order valence-electron chi connectivity index (χ4n) is 1.18. The number of rotatable bonds is 10. The topological polar surface area (TPSA) is 68.8 Å². The van der Waals surface area contributed by atoms with E-state index < -0.39 is 11.7 Å². The van der Waals surface area contributed by atoms with Crippen LogP contribution in [-0.2, 0) is 14.2 Å². The molecular weight excluding hydrogens is 248 g/mol. The maximum Gasteiger partial charge on any atom is 0.407 e. The van der Waals surface area contributed by atoms with Crippen LogP contribution in [0.3, 0.4) is 0 Å². The van der Waals surface area contributed by atoms with Gasteiger partial charge in [0.1, 0.15) is 5.60 Å². The fourth-order valence-corrected chi connectivity index (χ4v) is 1.18. The molecule has 0 bridgehead atoms. The minimum atomic E-state index is -0.467. The van der Waals surface area contributed by atoms with Crippen LogP contribution in [0, 0.1) is 0 Å². The number of carbonyl (C=O) groups is 1. The number of hydrogen-bond donors (Lipinski definition) is 2. The average Bonchev–Trinajstić information content (AvgIpc) is 2.29. The maximum absolute atomic E-state index is 11.3. The van der Waals surface area contributed by atoms with Crippen molar-refractivity contribution < 1.29 is 19.0 Å². The Hall–Kier alpha value is -0.850. The Bertz CT molecular complexity index is 229. The first kappa shape index (κ1) is 18.1. The molecule has 0 aromatic heterocycles. The zero-order valence-corrected chi connectivity index (χ0v) is 12.6. The molecule has 114 valence electrons. The molecule has 0 saturated carbocycles. The van der Waals surface area contributed by atoms with E-state index >= 15 is 0 Å². The van der Waals surface area contributed by atoms with Gasteiger partial charge in [-0.1, -0.05) is 6.92 Å². The van der Waals surface area contributed by atoms with E-state index in [2.05, 4.69) is 17.6 Å². The van der Waals surface area contributed by atoms with Crippen molar-refractivity contribution in [2.45, 2.75) is 33.3 Å². The quantitative estimate of drug-likeness (QED) is 0.586. The molecule has 0 aliphatic carbocycles. The van der Waals surface area contributed by atoms with Crippen molar-refractivity contribution in [3.63, 3.8) is 0 Å². The molecule has 19 heavy (non-hydrogen) atoms. The molecule has 2 N–H and O–H groups in total. The smallest absolute Gasteiger partial charge is 0.407 e. The van der Waals surface area contributed by atoms with Gasteiger partial charge in [0.25, 0.3) is 0 Å². The Morgan fingerprint density at radius 1 is 1.00 bits per heavy atom. The first-order valence-corrected chi connectivity index (χ1v) is 6.78. The summed E-state index contributed by atoms with van der Waals surface area (Å²) in [5, 5.41) is 5.78. The molecule has 6 heteroatoms. The van der Waals surface area contributed by atoms with Crippen molar-refractivity contribution in [1.82, 2.24) is 10.6 Å². The first-order valence-electron chi connectivity index (χ1n) is 6.78. The molecule has 0 heterocycles. The van der Waals surface area contributed by atoms with Crippen molar-refractivity contribution in [3.8, 4) is 0 Å². The minimum absolute atomic E-state index is 0.419. The van der Waals surface area contributed by atoms with Crippen LogP contribution in [0.25, 0.3) is 0 Å². The third-order valence-electron chi connectivity index (χ3n) is 1.96. The lowest BCUT2D eigenvalue weighted by Gasteiger charge is -2.19. The van der Waals surface area contributed by atoms with Gasteiger partial charge in [0.05, 0.1) is 26.4 Å². The van der Waals surface area contributed by atoms with Crippen molar-refractivity contribution in [1.29, 1.82) is 0 Å². The molecule has 1 amide bonds. The standard InChI is InChI=1S/C13H28N2O4/c1-5-14-6-8-17-10-11-18-9-7-15-12(16)19-13(2,3)4/h14H,5-11H2,1-4H3,(H,15,16). The Balaban J connectivity index is 3.21. The molecule has 0 saturated heterocycles. The second kappa shape index (κ2) is 11.0. The van der Waals surface area contributed by atoms with Gasteiger partial charge in [-0.15, -0.1) is 0 Å². The third kappa shape index (κ3) is 15.1. The molecule has 0 atom stereocenters. The predicted octanol–water partition coefficient (Wildman–Crippen LogP) is 1.15. The molecule has 6 nitrogen and oxygen atoms in total. The molecule has 0 radical (unpaired) electrons. The number of carbonyl (C=O) groups excluding carboxylic acids is 1. The van der Waals surface area contributed by atoms with Crippen LogP contribution in [-0.4, -0.2) is 57.8 Å². The summed E-state index contributed by atoms with van der Waals surface area (Å²) in [7, 11) is 0. The van der Waals surface area contributed by atoms with E-state index in [1.807, 2.05) is 20.8 Å². The van der Waals surface area contributed by atoms with Gasteiger partial charge in [-0.05, 0) is 27.3 Å². The summed E-state index contributed by atoms with van der Waals surface area (Å²) < 4.78 is 15.7. The zero-order valence-electron chi connectivity index (χ0n) is 12.6. The summed E-state index contributed by atoms with van der Waals surface area (Å²) >= 11 is 0. The van der Waals surface area contributed by atoms with Crippen LogP contribution < -0.4 is 10.6 Å². The molecule has 0 aliphatic heterocycles. The Labute approximate surface area is 116 Å². The average molecular weight is 276 g/mol. The van der Waals surface area contributed by atoms with Gasteiger partial charge < -0.3 is 24.8 Å². The zero-order chi connectivity index (χ0) is 14.6. The summed E-state index contributed by atoms with van der Waals surface area (Å²) in [5.41, 5.74) is -0.467. The molecule has 0 aromatic carbocycles. The van der Waals surface area contributed by atoms with Crippen molar-refractivity contribution in [2.24, 2.45) is 0 Å². The summed E-state index contributed by atoms with van der Waals surface area (Å²) in [5.74, 6) is 0. The lowest BCUT2D eigenvalue weighted by Crippen LogP contribution is -2.34. The van der Waals surface area contributed by atoms with Crippen LogP contribution in [0.5, 0.6) is 0 Å². The van der Waals surface area contributed by atoms with Gasteiger partial charge in [0, 0.05) is 13.1 Å². The van der Waals surface area contributed by atoms with Crippen LogP contribution >= 0.6 is 0 Å². The van der Waals surface area contributed by atoms with Gasteiger partial charge >= 0.3 is 6.09 Å². The lowest BCUT2D eigenvalue weighted by atomic mass is 10.2. The lowest BCUT2D eigenvalue weighted by molar-refractivity contribution is 0.0404. The number of hydrogen-bond acceptors (Lipinski definition) is 5. The van der Waals surface area contributed by atoms with E-state index in [0.29, 0.717) is 33.0 Å². The monoisotopic (exact) mass is 276 g/mol. The highest BCUT2D eigenvalue weighted by Gasteiger charge is 2.15. The normalized spacial score (nSPS) is 11.4. The second-order valence-corrected chi connectivity index (χ2v) is 5.01. The van der Waals surface area contributed by atoms with E-state index in [0.717, 1.165) is 13.1 Å². The largest absolute Gasteiger partial charge is 0.444 e. The molecule has 0 aliphatic rings. The highest BCUT2D eigenvalue weighted by atomic mass is 16.6. The highest BCUT2D eigenvalue weighted by Crippen LogP contribution is 2.05. The van der Waals surface area contributed by atoms with E-state index in [1.54, 1.807) is 0 Å². The SMILES string of the molecule is CCNCCOCCOCCNC(=O)OC(C)(C)C. The van der Waals surface area contributed by atoms with E-state index in [9.17, 15) is 4.79 Å². The van der Waals surface area contributed by atoms with Gasteiger partial charge in [0.2, 0.25) is 0 Å². The number of amides is 1. The van der Waals surface area contributed by atoms with E-state index in [4.69, 9.17) is 14.2 Å².